The molecule has 30 heavy (non-hydrogen) atoms. The Labute approximate surface area is 188 Å². The highest BCUT2D eigenvalue weighted by Crippen LogP contribution is 2.36. The number of ether oxygens (including phenoxy) is 2. The maximum absolute atomic E-state index is 13.0. The molecule has 2 bridgehead atoms. The molecule has 0 aliphatic carbocycles. The Morgan fingerprint density at radius 2 is 1.53 bits per heavy atom. The van der Waals surface area contributed by atoms with Crippen LogP contribution in [-0.4, -0.2) is 48.7 Å². The van der Waals surface area contributed by atoms with Gasteiger partial charge in [0.2, 0.25) is 0 Å². The maximum Gasteiger partial charge on any atom is 0.338 e. The smallest absolute Gasteiger partial charge is 0.338 e. The van der Waals surface area contributed by atoms with Crippen LogP contribution < -0.4 is 0 Å². The van der Waals surface area contributed by atoms with E-state index in [1.807, 2.05) is 36.4 Å². The first-order valence-electron chi connectivity index (χ1n) is 10.3. The van der Waals surface area contributed by atoms with E-state index in [0.29, 0.717) is 17.6 Å². The van der Waals surface area contributed by atoms with Gasteiger partial charge in [-0.25, -0.2) is 4.79 Å². The predicted octanol–water partition coefficient (Wildman–Crippen LogP) is 4.37. The molecule has 4 atom stereocenters. The van der Waals surface area contributed by atoms with Crippen molar-refractivity contribution in [3.05, 3.63) is 71.8 Å². The van der Waals surface area contributed by atoms with Crippen LogP contribution in [0.5, 0.6) is 0 Å². The van der Waals surface area contributed by atoms with E-state index in [1.54, 1.807) is 24.3 Å². The summed E-state index contributed by atoms with van der Waals surface area (Å²) in [7, 11) is 2.16. The van der Waals surface area contributed by atoms with Crippen molar-refractivity contribution in [3.63, 3.8) is 0 Å². The lowest BCUT2D eigenvalue weighted by Crippen LogP contribution is -2.44. The number of carbonyl (C=O) groups is 2. The van der Waals surface area contributed by atoms with Gasteiger partial charge in [0, 0.05) is 12.1 Å². The lowest BCUT2D eigenvalue weighted by Gasteiger charge is -2.36. The third-order valence-corrected chi connectivity index (χ3v) is 6.21. The molecule has 2 fully saturated rings. The summed E-state index contributed by atoms with van der Waals surface area (Å²) in [5.41, 5.74) is 1.27. The highest BCUT2D eigenvalue weighted by Gasteiger charge is 2.40. The number of hydrogen-bond donors (Lipinski definition) is 0. The fourth-order valence-electron chi connectivity index (χ4n) is 4.51. The first kappa shape index (κ1) is 22.5. The van der Waals surface area contributed by atoms with E-state index in [9.17, 15) is 9.59 Å². The molecule has 2 aliphatic rings. The minimum Gasteiger partial charge on any atom is -0.462 e. The Hall–Kier alpha value is -2.18. The van der Waals surface area contributed by atoms with Gasteiger partial charge in [0.25, 0.3) is 0 Å². The molecule has 6 heteroatoms. The molecule has 2 aromatic carbocycles. The average Bonchev–Trinajstić information content (AvgIpc) is 2.96. The quantitative estimate of drug-likeness (QED) is 0.582. The molecular weight excluding hydrogens is 446 g/mol. The SMILES string of the molecule is Br.CN1[C@@H]2CC[C@H]1CC(OC(=O)C(COC(=O)c1ccccc1)c1ccccc1)C2. The van der Waals surface area contributed by atoms with Crippen LogP contribution in [0, 0.1) is 0 Å². The fraction of sp³-hybridized carbons (Fsp3) is 0.417. The molecule has 2 saturated heterocycles. The molecule has 0 radical (unpaired) electrons. The van der Waals surface area contributed by atoms with Crippen molar-refractivity contribution in [2.24, 2.45) is 0 Å². The van der Waals surface area contributed by atoms with Crippen molar-refractivity contribution >= 4 is 28.9 Å². The molecule has 4 rings (SSSR count). The number of halogens is 1. The second kappa shape index (κ2) is 10.2. The molecule has 2 unspecified atom stereocenters. The highest BCUT2D eigenvalue weighted by atomic mass is 79.9. The molecule has 5 nitrogen and oxygen atoms in total. The van der Waals surface area contributed by atoms with E-state index >= 15 is 0 Å². The topological polar surface area (TPSA) is 55.8 Å². The standard InChI is InChI=1S/C24H27NO4.BrH/c1-25-19-12-13-20(25)15-21(14-19)29-24(27)22(17-8-4-2-5-9-17)16-28-23(26)18-10-6-3-7-11-18;/h2-11,19-22H,12-16H2,1H3;1H/t19-,20+,21?,22?;. The van der Waals surface area contributed by atoms with Gasteiger partial charge in [-0.05, 0) is 50.4 Å². The van der Waals surface area contributed by atoms with Crippen molar-refractivity contribution in [3.8, 4) is 0 Å². The van der Waals surface area contributed by atoms with Gasteiger partial charge in [-0.1, -0.05) is 48.5 Å². The third kappa shape index (κ3) is 5.10. The minimum atomic E-state index is -0.624. The summed E-state index contributed by atoms with van der Waals surface area (Å²) in [5, 5.41) is 0. The van der Waals surface area contributed by atoms with Gasteiger partial charge in [0.05, 0.1) is 5.56 Å². The van der Waals surface area contributed by atoms with Crippen molar-refractivity contribution in [2.75, 3.05) is 13.7 Å². The number of benzene rings is 2. The van der Waals surface area contributed by atoms with Gasteiger partial charge in [0.1, 0.15) is 18.6 Å². The van der Waals surface area contributed by atoms with Gasteiger partial charge in [-0.3, -0.25) is 4.79 Å². The van der Waals surface area contributed by atoms with Gasteiger partial charge < -0.3 is 14.4 Å². The number of esters is 2. The van der Waals surface area contributed by atoms with E-state index in [4.69, 9.17) is 9.47 Å². The number of hydrogen-bond acceptors (Lipinski definition) is 5. The number of nitrogens with zero attached hydrogens (tertiary/aromatic N) is 1. The first-order valence-corrected chi connectivity index (χ1v) is 10.3. The van der Waals surface area contributed by atoms with E-state index < -0.39 is 11.9 Å². The molecule has 2 aliphatic heterocycles. The molecule has 160 valence electrons. The van der Waals surface area contributed by atoms with Crippen molar-refractivity contribution in [2.45, 2.75) is 49.8 Å². The van der Waals surface area contributed by atoms with Crippen LogP contribution in [-0.2, 0) is 14.3 Å². The van der Waals surface area contributed by atoms with Crippen molar-refractivity contribution in [1.29, 1.82) is 0 Å². The molecule has 0 amide bonds. The highest BCUT2D eigenvalue weighted by molar-refractivity contribution is 8.93. The Bertz CT molecular complexity index is 831. The zero-order valence-electron chi connectivity index (χ0n) is 17.1. The summed E-state index contributed by atoms with van der Waals surface area (Å²) in [6.45, 7) is -0.0317. The van der Waals surface area contributed by atoms with Crippen LogP contribution in [0.4, 0.5) is 0 Å². The van der Waals surface area contributed by atoms with Gasteiger partial charge in [0.15, 0.2) is 0 Å². The lowest BCUT2D eigenvalue weighted by atomic mass is 9.98. The van der Waals surface area contributed by atoms with E-state index in [2.05, 4.69) is 11.9 Å². The van der Waals surface area contributed by atoms with Crippen LogP contribution >= 0.6 is 17.0 Å². The monoisotopic (exact) mass is 473 g/mol. The van der Waals surface area contributed by atoms with Crippen LogP contribution in [0.3, 0.4) is 0 Å². The summed E-state index contributed by atoms with van der Waals surface area (Å²) in [5.74, 6) is -1.37. The van der Waals surface area contributed by atoms with Crippen molar-refractivity contribution < 1.29 is 19.1 Å². The largest absolute Gasteiger partial charge is 0.462 e. The average molecular weight is 474 g/mol. The summed E-state index contributed by atoms with van der Waals surface area (Å²) in [6, 6.07) is 19.2. The Kier molecular flexibility index (Phi) is 7.67. The van der Waals surface area contributed by atoms with Crippen LogP contribution in [0.2, 0.25) is 0 Å². The molecule has 0 N–H and O–H groups in total. The Balaban J connectivity index is 0.00000256. The van der Waals surface area contributed by atoms with Crippen molar-refractivity contribution in [1.82, 2.24) is 4.90 Å². The maximum atomic E-state index is 13.0. The lowest BCUT2D eigenvalue weighted by molar-refractivity contribution is -0.155. The Morgan fingerprint density at radius 1 is 0.967 bits per heavy atom. The summed E-state index contributed by atoms with van der Waals surface area (Å²) >= 11 is 0. The number of rotatable bonds is 6. The first-order chi connectivity index (χ1) is 14.1. The molecule has 2 aromatic rings. The second-order valence-corrected chi connectivity index (χ2v) is 8.01. The number of fused-ring (bicyclic) bond motifs is 2. The second-order valence-electron chi connectivity index (χ2n) is 8.01. The minimum absolute atomic E-state index is 0. The number of piperidine rings is 1. The van der Waals surface area contributed by atoms with Gasteiger partial charge in [-0.2, -0.15) is 0 Å². The Morgan fingerprint density at radius 3 is 2.13 bits per heavy atom. The predicted molar refractivity (Wildman–Crippen MR) is 120 cm³/mol. The van der Waals surface area contributed by atoms with E-state index in [1.165, 1.54) is 12.8 Å². The third-order valence-electron chi connectivity index (χ3n) is 6.21. The fourth-order valence-corrected chi connectivity index (χ4v) is 4.51. The molecular formula is C24H28BrNO4. The summed E-state index contributed by atoms with van der Waals surface area (Å²) in [4.78, 5) is 27.8. The van der Waals surface area contributed by atoms with Crippen LogP contribution in [0.1, 0.15) is 47.5 Å². The molecule has 2 heterocycles. The molecule has 0 saturated carbocycles. The van der Waals surface area contributed by atoms with Gasteiger partial charge in [-0.15, -0.1) is 17.0 Å². The van der Waals surface area contributed by atoms with Gasteiger partial charge >= 0.3 is 11.9 Å². The van der Waals surface area contributed by atoms with Crippen LogP contribution in [0.25, 0.3) is 0 Å². The van der Waals surface area contributed by atoms with Crippen LogP contribution in [0.15, 0.2) is 60.7 Å². The molecule has 0 aromatic heterocycles. The number of carbonyl (C=O) groups excluding carboxylic acids is 2. The summed E-state index contributed by atoms with van der Waals surface area (Å²) in [6.07, 6.45) is 4.04. The van der Waals surface area contributed by atoms with E-state index in [0.717, 1.165) is 18.4 Å². The van der Waals surface area contributed by atoms with E-state index in [-0.39, 0.29) is 35.7 Å². The molecule has 0 spiro atoms. The normalized spacial score (nSPS) is 23.8. The zero-order chi connectivity index (χ0) is 20.2. The summed E-state index contributed by atoms with van der Waals surface area (Å²) < 4.78 is 11.4. The zero-order valence-corrected chi connectivity index (χ0v) is 18.8.